The van der Waals surface area contributed by atoms with Gasteiger partial charge in [0.25, 0.3) is 0 Å². The quantitative estimate of drug-likeness (QED) is 0.399. The van der Waals surface area contributed by atoms with Crippen molar-refractivity contribution >= 4 is 27.7 Å². The molecule has 0 atom stereocenters. The summed E-state index contributed by atoms with van der Waals surface area (Å²) in [5, 5.41) is 0. The van der Waals surface area contributed by atoms with Gasteiger partial charge < -0.3 is 14.2 Å². The van der Waals surface area contributed by atoms with Gasteiger partial charge in [0, 0.05) is 26.7 Å². The van der Waals surface area contributed by atoms with Crippen molar-refractivity contribution in [3.8, 4) is 33.9 Å². The number of benzene rings is 2. The molecular weight excluding hydrogens is 450 g/mol. The van der Waals surface area contributed by atoms with Gasteiger partial charge in [-0.2, -0.15) is 0 Å². The van der Waals surface area contributed by atoms with Gasteiger partial charge in [0.2, 0.25) is 6.79 Å². The Morgan fingerprint density at radius 1 is 1.10 bits per heavy atom. The van der Waals surface area contributed by atoms with Gasteiger partial charge >= 0.3 is 5.97 Å². The third-order valence-electron chi connectivity index (χ3n) is 5.24. The van der Waals surface area contributed by atoms with Crippen molar-refractivity contribution in [2.45, 2.75) is 13.8 Å². The average molecular weight is 466 g/mol. The molecule has 150 valence electrons. The van der Waals surface area contributed by atoms with Gasteiger partial charge in [-0.25, -0.2) is 4.79 Å². The van der Waals surface area contributed by atoms with Crippen LogP contribution in [-0.4, -0.2) is 30.1 Å². The molecule has 0 fully saturated rings. The van der Waals surface area contributed by atoms with Crippen LogP contribution in [0, 0.1) is 6.92 Å². The van der Waals surface area contributed by atoms with Crippen LogP contribution in [0.1, 0.15) is 38.9 Å². The van der Waals surface area contributed by atoms with E-state index in [4.69, 9.17) is 14.2 Å². The first-order chi connectivity index (χ1) is 14.5. The van der Waals surface area contributed by atoms with Gasteiger partial charge in [0.15, 0.2) is 17.3 Å². The fourth-order valence-corrected chi connectivity index (χ4v) is 4.49. The van der Waals surface area contributed by atoms with Crippen LogP contribution in [0.2, 0.25) is 0 Å². The minimum atomic E-state index is -0.520. The number of carbonyl (C=O) groups excluding carboxylic acids is 2. The second-order valence-electron chi connectivity index (χ2n) is 6.95. The summed E-state index contributed by atoms with van der Waals surface area (Å²) in [6.45, 7) is 3.83. The van der Waals surface area contributed by atoms with E-state index in [-0.39, 0.29) is 24.7 Å². The number of ketones is 1. The summed E-state index contributed by atoms with van der Waals surface area (Å²) in [5.74, 6) is 0.460. The number of carbonyl (C=O) groups is 2. The molecule has 2 aliphatic rings. The number of ether oxygens (including phenoxy) is 3. The molecule has 2 heterocycles. The van der Waals surface area contributed by atoms with E-state index >= 15 is 0 Å². The predicted octanol–water partition coefficient (Wildman–Crippen LogP) is 4.94. The van der Waals surface area contributed by atoms with Crippen molar-refractivity contribution in [2.24, 2.45) is 0 Å². The van der Waals surface area contributed by atoms with E-state index in [1.165, 1.54) is 0 Å². The molecule has 0 unspecified atom stereocenters. The monoisotopic (exact) mass is 465 g/mol. The summed E-state index contributed by atoms with van der Waals surface area (Å²) < 4.78 is 17.0. The van der Waals surface area contributed by atoms with Crippen molar-refractivity contribution in [1.82, 2.24) is 4.98 Å². The Kier molecular flexibility index (Phi) is 4.36. The van der Waals surface area contributed by atoms with Crippen LogP contribution >= 0.6 is 15.9 Å². The van der Waals surface area contributed by atoms with E-state index in [9.17, 15) is 9.59 Å². The summed E-state index contributed by atoms with van der Waals surface area (Å²) >= 11 is 3.58. The maximum Gasteiger partial charge on any atom is 0.340 e. The lowest BCUT2D eigenvalue weighted by Gasteiger charge is -2.17. The highest BCUT2D eigenvalue weighted by molar-refractivity contribution is 9.10. The molecule has 1 aliphatic carbocycles. The highest BCUT2D eigenvalue weighted by atomic mass is 79.9. The van der Waals surface area contributed by atoms with Gasteiger partial charge in [0.05, 0.1) is 29.1 Å². The van der Waals surface area contributed by atoms with E-state index in [0.717, 1.165) is 5.56 Å². The molecule has 1 aliphatic heterocycles. The van der Waals surface area contributed by atoms with Crippen molar-refractivity contribution in [1.29, 1.82) is 0 Å². The highest BCUT2D eigenvalue weighted by Crippen LogP contribution is 2.47. The molecule has 0 N–H and O–H groups in total. The van der Waals surface area contributed by atoms with Crippen molar-refractivity contribution in [3.63, 3.8) is 0 Å². The van der Waals surface area contributed by atoms with Crippen LogP contribution in [0.5, 0.6) is 11.5 Å². The first kappa shape index (κ1) is 18.8. The normalized spacial score (nSPS) is 13.2. The zero-order valence-electron chi connectivity index (χ0n) is 16.2. The third kappa shape index (κ3) is 2.65. The van der Waals surface area contributed by atoms with E-state index in [2.05, 4.69) is 20.9 Å². The van der Waals surface area contributed by atoms with E-state index in [1.807, 2.05) is 18.2 Å². The number of aryl methyl sites for hydroxylation is 1. The molecule has 3 aromatic rings. The summed E-state index contributed by atoms with van der Waals surface area (Å²) in [6.07, 6.45) is 0. The summed E-state index contributed by atoms with van der Waals surface area (Å²) in [6, 6.07) is 10.9. The SMILES string of the molecule is CCOC(=O)c1c(C)nc2c(c1-c1cc3c(cc1Br)OCO3)C(=O)c1ccccc1-2. The van der Waals surface area contributed by atoms with Crippen molar-refractivity contribution in [3.05, 3.63) is 63.3 Å². The molecule has 5 rings (SSSR count). The second kappa shape index (κ2) is 6.95. The number of halogens is 1. The molecule has 0 radical (unpaired) electrons. The molecule has 7 heteroatoms. The smallest absolute Gasteiger partial charge is 0.340 e. The van der Waals surface area contributed by atoms with Gasteiger partial charge in [0.1, 0.15) is 0 Å². The zero-order valence-corrected chi connectivity index (χ0v) is 17.8. The molecule has 0 spiro atoms. The molecule has 0 amide bonds. The Morgan fingerprint density at radius 3 is 2.53 bits per heavy atom. The Bertz CT molecular complexity index is 1250. The summed E-state index contributed by atoms with van der Waals surface area (Å²) in [5.41, 5.74) is 4.19. The third-order valence-corrected chi connectivity index (χ3v) is 5.90. The van der Waals surface area contributed by atoms with Gasteiger partial charge in [-0.15, -0.1) is 0 Å². The molecule has 0 saturated carbocycles. The maximum atomic E-state index is 13.4. The summed E-state index contributed by atoms with van der Waals surface area (Å²) in [7, 11) is 0. The van der Waals surface area contributed by atoms with Crippen LogP contribution in [0.4, 0.5) is 0 Å². The Labute approximate surface area is 180 Å². The number of aromatic nitrogens is 1. The lowest BCUT2D eigenvalue weighted by Crippen LogP contribution is -2.13. The second-order valence-corrected chi connectivity index (χ2v) is 7.81. The van der Waals surface area contributed by atoms with Crippen LogP contribution < -0.4 is 9.47 Å². The maximum absolute atomic E-state index is 13.4. The average Bonchev–Trinajstić information content (AvgIpc) is 3.29. The minimum absolute atomic E-state index is 0.119. The molecule has 30 heavy (non-hydrogen) atoms. The highest BCUT2D eigenvalue weighted by Gasteiger charge is 2.36. The molecule has 1 aromatic heterocycles. The van der Waals surface area contributed by atoms with Crippen LogP contribution in [0.3, 0.4) is 0 Å². The van der Waals surface area contributed by atoms with Crippen LogP contribution in [-0.2, 0) is 4.74 Å². The van der Waals surface area contributed by atoms with Crippen LogP contribution in [0.25, 0.3) is 22.4 Å². The van der Waals surface area contributed by atoms with Crippen LogP contribution in [0.15, 0.2) is 40.9 Å². The zero-order chi connectivity index (χ0) is 21.0. The number of fused-ring (bicyclic) bond motifs is 4. The van der Waals surface area contributed by atoms with Crippen molar-refractivity contribution in [2.75, 3.05) is 13.4 Å². The first-order valence-electron chi connectivity index (χ1n) is 9.46. The van der Waals surface area contributed by atoms with Gasteiger partial charge in [-0.1, -0.05) is 40.2 Å². The molecular formula is C23H16BrNO5. The number of esters is 1. The standard InChI is InChI=1S/C23H16BrNO5/c1-3-28-23(27)18-11(2)25-21-12-6-4-5-7-13(12)22(26)20(21)19(18)14-8-16-17(9-15(14)24)30-10-29-16/h4-9H,3,10H2,1-2H3. The Morgan fingerprint density at radius 2 is 1.80 bits per heavy atom. The predicted molar refractivity (Wildman–Crippen MR) is 113 cm³/mol. The number of hydrogen-bond donors (Lipinski definition) is 0. The number of hydrogen-bond acceptors (Lipinski definition) is 6. The number of rotatable bonds is 3. The molecule has 0 saturated heterocycles. The largest absolute Gasteiger partial charge is 0.462 e. The van der Waals surface area contributed by atoms with Gasteiger partial charge in [-0.05, 0) is 26.0 Å². The topological polar surface area (TPSA) is 74.7 Å². The first-order valence-corrected chi connectivity index (χ1v) is 10.3. The minimum Gasteiger partial charge on any atom is -0.462 e. The molecule has 0 bridgehead atoms. The van der Waals surface area contributed by atoms with E-state index in [0.29, 0.717) is 49.6 Å². The lowest BCUT2D eigenvalue weighted by atomic mass is 9.91. The Hall–Kier alpha value is -3.19. The van der Waals surface area contributed by atoms with E-state index < -0.39 is 5.97 Å². The fraction of sp³-hybridized carbons (Fsp3) is 0.174. The Balaban J connectivity index is 1.87. The fourth-order valence-electron chi connectivity index (χ4n) is 3.97. The number of pyridine rings is 1. The number of nitrogens with zero attached hydrogens (tertiary/aromatic N) is 1. The molecule has 2 aromatic carbocycles. The summed E-state index contributed by atoms with van der Waals surface area (Å²) in [4.78, 5) is 31.0. The van der Waals surface area contributed by atoms with E-state index in [1.54, 1.807) is 32.0 Å². The lowest BCUT2D eigenvalue weighted by molar-refractivity contribution is 0.0526. The van der Waals surface area contributed by atoms with Gasteiger partial charge in [-0.3, -0.25) is 9.78 Å². The van der Waals surface area contributed by atoms with Crippen molar-refractivity contribution < 1.29 is 23.8 Å². The molecule has 6 nitrogen and oxygen atoms in total.